The van der Waals surface area contributed by atoms with Crippen molar-refractivity contribution in [2.45, 2.75) is 38.1 Å². The highest BCUT2D eigenvalue weighted by Gasteiger charge is 2.42. The number of oxazole rings is 1. The Labute approximate surface area is 185 Å². The number of para-hydroxylation sites is 2. The summed E-state index contributed by atoms with van der Waals surface area (Å²) in [6.07, 6.45) is 0.900. The largest absolute Gasteiger partial charge is 0.485 e. The first-order valence-corrected chi connectivity index (χ1v) is 10.4. The van der Waals surface area contributed by atoms with Crippen molar-refractivity contribution in [1.82, 2.24) is 15.3 Å². The molecular weight excluding hydrogens is 404 g/mol. The number of benzene rings is 2. The van der Waals surface area contributed by atoms with Crippen LogP contribution in [0, 0.1) is 11.3 Å². The molecule has 0 saturated carbocycles. The third-order valence-corrected chi connectivity index (χ3v) is 5.74. The number of aliphatic hydroxyl groups excluding tert-OH is 1. The molecule has 2 aromatic carbocycles. The number of nitriles is 1. The maximum atomic E-state index is 11.0. The summed E-state index contributed by atoms with van der Waals surface area (Å²) in [5.74, 6) is 1.19. The van der Waals surface area contributed by atoms with Gasteiger partial charge in [0.25, 0.3) is 0 Å². The lowest BCUT2D eigenvalue weighted by Crippen LogP contribution is -2.52. The first-order valence-electron chi connectivity index (χ1n) is 10.4. The lowest BCUT2D eigenvalue weighted by Gasteiger charge is -2.42. The molecule has 3 heterocycles. The van der Waals surface area contributed by atoms with Crippen molar-refractivity contribution < 1.29 is 14.3 Å². The van der Waals surface area contributed by atoms with Gasteiger partial charge in [-0.15, -0.1) is 0 Å². The van der Waals surface area contributed by atoms with Gasteiger partial charge in [0.1, 0.15) is 23.0 Å². The summed E-state index contributed by atoms with van der Waals surface area (Å²) < 4.78 is 11.9. The number of hydrogen-bond acceptors (Lipinski definition) is 7. The lowest BCUT2D eigenvalue weighted by molar-refractivity contribution is -0.0649. The minimum Gasteiger partial charge on any atom is -0.485 e. The third-order valence-electron chi connectivity index (χ3n) is 5.74. The van der Waals surface area contributed by atoms with Gasteiger partial charge in [0.2, 0.25) is 5.89 Å². The first-order chi connectivity index (χ1) is 15.4. The van der Waals surface area contributed by atoms with Gasteiger partial charge in [-0.2, -0.15) is 5.26 Å². The molecule has 2 aromatic heterocycles. The lowest BCUT2D eigenvalue weighted by atomic mass is 9.86. The molecule has 5 rings (SSSR count). The maximum absolute atomic E-state index is 11.0. The van der Waals surface area contributed by atoms with Crippen LogP contribution in [0.5, 0.6) is 5.75 Å². The summed E-state index contributed by atoms with van der Waals surface area (Å²) in [5.41, 5.74) is 3.63. The fraction of sp³-hybridized carbons (Fsp3) is 0.240. The normalized spacial score (nSPS) is 19.2. The van der Waals surface area contributed by atoms with E-state index in [0.717, 1.165) is 27.9 Å². The second-order valence-electron chi connectivity index (χ2n) is 8.40. The van der Waals surface area contributed by atoms with E-state index in [1.807, 2.05) is 50.2 Å². The molecule has 0 aliphatic carbocycles. The monoisotopic (exact) mass is 426 g/mol. The van der Waals surface area contributed by atoms with Gasteiger partial charge in [-0.25, -0.2) is 4.98 Å². The highest BCUT2D eigenvalue weighted by molar-refractivity contribution is 5.75. The maximum Gasteiger partial charge on any atom is 0.227 e. The van der Waals surface area contributed by atoms with Crippen molar-refractivity contribution in [2.24, 2.45) is 0 Å². The van der Waals surface area contributed by atoms with Gasteiger partial charge in [-0.3, -0.25) is 4.98 Å². The molecule has 2 atom stereocenters. The molecule has 2 N–H and O–H groups in total. The van der Waals surface area contributed by atoms with Crippen molar-refractivity contribution in [3.05, 3.63) is 77.6 Å². The van der Waals surface area contributed by atoms with Gasteiger partial charge in [0, 0.05) is 23.9 Å². The Morgan fingerprint density at radius 1 is 1.16 bits per heavy atom. The molecule has 32 heavy (non-hydrogen) atoms. The van der Waals surface area contributed by atoms with Crippen LogP contribution in [0.2, 0.25) is 0 Å². The molecule has 0 spiro atoms. The summed E-state index contributed by atoms with van der Waals surface area (Å²) in [6.45, 7) is 4.10. The van der Waals surface area contributed by atoms with E-state index in [-0.39, 0.29) is 0 Å². The number of hydrogen-bond donors (Lipinski definition) is 2. The number of nitrogens with one attached hydrogen (secondary N) is 1. The van der Waals surface area contributed by atoms with Gasteiger partial charge in [-0.1, -0.05) is 12.1 Å². The van der Waals surface area contributed by atoms with E-state index >= 15 is 0 Å². The molecule has 0 saturated heterocycles. The number of ether oxygens (including phenoxy) is 1. The average Bonchev–Trinajstić information content (AvgIpc) is 3.24. The van der Waals surface area contributed by atoms with Gasteiger partial charge >= 0.3 is 0 Å². The van der Waals surface area contributed by atoms with Gasteiger partial charge in [0.15, 0.2) is 5.58 Å². The van der Waals surface area contributed by atoms with Crippen molar-refractivity contribution >= 4 is 11.1 Å². The summed E-state index contributed by atoms with van der Waals surface area (Å²) >= 11 is 0. The van der Waals surface area contributed by atoms with Crippen molar-refractivity contribution in [3.63, 3.8) is 0 Å². The molecule has 1 aliphatic heterocycles. The predicted octanol–water partition coefficient (Wildman–Crippen LogP) is 4.12. The molecule has 7 heteroatoms. The molecule has 0 bridgehead atoms. The van der Waals surface area contributed by atoms with Crippen molar-refractivity contribution in [1.29, 1.82) is 5.26 Å². The molecular formula is C25H22N4O3. The molecule has 0 amide bonds. The topological polar surface area (TPSA) is 104 Å². The molecule has 4 aromatic rings. The molecule has 1 aliphatic rings. The Balaban J connectivity index is 1.42. The fourth-order valence-corrected chi connectivity index (χ4v) is 4.01. The van der Waals surface area contributed by atoms with E-state index in [2.05, 4.69) is 21.4 Å². The second kappa shape index (κ2) is 7.75. The van der Waals surface area contributed by atoms with Gasteiger partial charge in [-0.05, 0) is 56.3 Å². The average molecular weight is 426 g/mol. The zero-order chi connectivity index (χ0) is 22.3. The fourth-order valence-electron chi connectivity index (χ4n) is 4.01. The van der Waals surface area contributed by atoms with E-state index in [9.17, 15) is 10.4 Å². The van der Waals surface area contributed by atoms with Crippen LogP contribution in [-0.2, 0) is 6.54 Å². The van der Waals surface area contributed by atoms with E-state index in [1.54, 1.807) is 24.4 Å². The number of aliphatic hydroxyl groups is 1. The van der Waals surface area contributed by atoms with Gasteiger partial charge < -0.3 is 19.6 Å². The SMILES string of the molecule is CC1(C)Oc2ccc(C#N)cc2[C@H](NCc2cc(-c3nc4ccccc4o3)ccn2)[C@H]1O. The van der Waals surface area contributed by atoms with E-state index < -0.39 is 17.7 Å². The van der Waals surface area contributed by atoms with Crippen LogP contribution < -0.4 is 10.1 Å². The van der Waals surface area contributed by atoms with Crippen LogP contribution in [0.25, 0.3) is 22.6 Å². The van der Waals surface area contributed by atoms with Crippen LogP contribution in [0.3, 0.4) is 0 Å². The minimum absolute atomic E-state index is 0.405. The van der Waals surface area contributed by atoms with Crippen LogP contribution >= 0.6 is 0 Å². The van der Waals surface area contributed by atoms with Crippen LogP contribution in [0.4, 0.5) is 0 Å². The highest BCUT2D eigenvalue weighted by atomic mass is 16.5. The molecule has 7 nitrogen and oxygen atoms in total. The summed E-state index contributed by atoms with van der Waals surface area (Å²) in [7, 11) is 0. The zero-order valence-electron chi connectivity index (χ0n) is 17.7. The Morgan fingerprint density at radius 2 is 2.00 bits per heavy atom. The second-order valence-corrected chi connectivity index (χ2v) is 8.40. The van der Waals surface area contributed by atoms with E-state index in [1.165, 1.54) is 0 Å². The predicted molar refractivity (Wildman–Crippen MR) is 119 cm³/mol. The zero-order valence-corrected chi connectivity index (χ0v) is 17.7. The molecule has 0 unspecified atom stereocenters. The van der Waals surface area contributed by atoms with Crippen LogP contribution in [-0.4, -0.2) is 26.8 Å². The van der Waals surface area contributed by atoms with E-state index in [4.69, 9.17) is 9.15 Å². The number of nitrogens with zero attached hydrogens (tertiary/aromatic N) is 3. The van der Waals surface area contributed by atoms with E-state index in [0.29, 0.717) is 23.7 Å². The Kier molecular flexibility index (Phi) is 4.89. The highest BCUT2D eigenvalue weighted by Crippen LogP contribution is 2.40. The van der Waals surface area contributed by atoms with Gasteiger partial charge in [0.05, 0.1) is 23.4 Å². The number of rotatable bonds is 4. The van der Waals surface area contributed by atoms with Crippen LogP contribution in [0.15, 0.2) is 65.2 Å². The number of aromatic nitrogens is 2. The smallest absolute Gasteiger partial charge is 0.227 e. The Morgan fingerprint density at radius 3 is 2.81 bits per heavy atom. The summed E-state index contributed by atoms with van der Waals surface area (Å²) in [6, 6.07) is 18.4. The summed E-state index contributed by atoms with van der Waals surface area (Å²) in [4.78, 5) is 9.01. The van der Waals surface area contributed by atoms with Crippen molar-refractivity contribution in [2.75, 3.05) is 0 Å². The molecule has 0 fully saturated rings. The van der Waals surface area contributed by atoms with Crippen LogP contribution in [0.1, 0.15) is 36.7 Å². The Hall–Kier alpha value is -3.73. The number of pyridine rings is 1. The number of fused-ring (bicyclic) bond motifs is 2. The summed E-state index contributed by atoms with van der Waals surface area (Å²) in [5, 5.41) is 23.7. The molecule has 160 valence electrons. The minimum atomic E-state index is -0.816. The Bertz CT molecular complexity index is 1310. The quantitative estimate of drug-likeness (QED) is 0.506. The first kappa shape index (κ1) is 20.2. The third kappa shape index (κ3) is 3.60. The van der Waals surface area contributed by atoms with Crippen molar-refractivity contribution in [3.8, 4) is 23.3 Å². The standard InChI is InChI=1S/C25H22N4O3/c1-25(2)23(30)22(18-11-15(13-26)7-8-20(18)32-25)28-14-17-12-16(9-10-27-17)24-29-19-5-3-4-6-21(19)31-24/h3-12,22-23,28,30H,14H2,1-2H3/t22-,23+/m0/s1. The molecule has 0 radical (unpaired) electrons.